The van der Waals surface area contributed by atoms with Crippen molar-refractivity contribution in [2.24, 2.45) is 5.73 Å². The van der Waals surface area contributed by atoms with E-state index in [1.165, 1.54) is 12.1 Å². The minimum absolute atomic E-state index is 0.0954. The van der Waals surface area contributed by atoms with Crippen molar-refractivity contribution in [2.45, 2.75) is 57.9 Å². The second-order valence-corrected chi connectivity index (χ2v) is 5.44. The average Bonchev–Trinajstić information content (AvgIpc) is 2.78. The Morgan fingerprint density at radius 1 is 1.30 bits per heavy atom. The summed E-state index contributed by atoms with van der Waals surface area (Å²) >= 11 is 0. The molecular weight excluding hydrogens is 265 g/mol. The molecule has 1 aliphatic rings. The fourth-order valence-electron chi connectivity index (χ4n) is 3.10. The minimum atomic E-state index is -4.35. The van der Waals surface area contributed by atoms with Gasteiger partial charge in [-0.05, 0) is 43.9 Å². The van der Waals surface area contributed by atoms with E-state index in [0.717, 1.165) is 19.3 Å². The summed E-state index contributed by atoms with van der Waals surface area (Å²) in [6.45, 7) is 4.05. The van der Waals surface area contributed by atoms with E-state index in [2.05, 4.69) is 18.7 Å². The van der Waals surface area contributed by atoms with Gasteiger partial charge in [-0.3, -0.25) is 0 Å². The third-order valence-electron chi connectivity index (χ3n) is 4.17. The molecular formula is C15H21F3N2. The van der Waals surface area contributed by atoms with Crippen molar-refractivity contribution in [3.05, 3.63) is 29.3 Å². The smallest absolute Gasteiger partial charge is 0.366 e. The minimum Gasteiger partial charge on any atom is -0.366 e. The number of alkyl halides is 3. The Morgan fingerprint density at radius 3 is 2.55 bits per heavy atom. The van der Waals surface area contributed by atoms with Crippen molar-refractivity contribution in [3.63, 3.8) is 0 Å². The highest BCUT2D eigenvalue weighted by Gasteiger charge is 2.35. The first-order valence-corrected chi connectivity index (χ1v) is 7.07. The summed E-state index contributed by atoms with van der Waals surface area (Å²) in [5.41, 5.74) is 5.63. The maximum absolute atomic E-state index is 13.1. The van der Waals surface area contributed by atoms with Crippen LogP contribution in [-0.2, 0) is 12.7 Å². The molecule has 0 saturated carbocycles. The first kappa shape index (κ1) is 15.2. The average molecular weight is 286 g/mol. The van der Waals surface area contributed by atoms with Gasteiger partial charge >= 0.3 is 6.18 Å². The van der Waals surface area contributed by atoms with Crippen LogP contribution >= 0.6 is 0 Å². The fraction of sp³-hybridized carbons (Fsp3) is 0.600. The Balaban J connectivity index is 2.43. The van der Waals surface area contributed by atoms with E-state index in [1.807, 2.05) is 0 Å². The van der Waals surface area contributed by atoms with Crippen LogP contribution in [0.5, 0.6) is 0 Å². The Bertz CT molecular complexity index is 471. The van der Waals surface area contributed by atoms with Crippen LogP contribution in [0.2, 0.25) is 0 Å². The lowest BCUT2D eigenvalue weighted by molar-refractivity contribution is -0.138. The monoisotopic (exact) mass is 286 g/mol. The van der Waals surface area contributed by atoms with Crippen LogP contribution in [-0.4, -0.2) is 12.1 Å². The van der Waals surface area contributed by atoms with Gasteiger partial charge in [0.1, 0.15) is 0 Å². The molecule has 0 radical (unpaired) electrons. The summed E-state index contributed by atoms with van der Waals surface area (Å²) in [4.78, 5) is 2.12. The van der Waals surface area contributed by atoms with E-state index in [1.54, 1.807) is 6.07 Å². The zero-order valence-electron chi connectivity index (χ0n) is 11.9. The van der Waals surface area contributed by atoms with Crippen molar-refractivity contribution in [2.75, 3.05) is 4.90 Å². The van der Waals surface area contributed by atoms with Gasteiger partial charge in [-0.2, -0.15) is 13.2 Å². The molecule has 1 aliphatic heterocycles. The van der Waals surface area contributed by atoms with Crippen LogP contribution in [0.4, 0.5) is 18.9 Å². The van der Waals surface area contributed by atoms with E-state index < -0.39 is 11.7 Å². The first-order valence-electron chi connectivity index (χ1n) is 7.07. The molecule has 0 bridgehead atoms. The number of rotatable bonds is 3. The summed E-state index contributed by atoms with van der Waals surface area (Å²) in [5, 5.41) is 0. The summed E-state index contributed by atoms with van der Waals surface area (Å²) < 4.78 is 39.3. The molecule has 2 rings (SSSR count). The number of nitrogens with zero attached hydrogens (tertiary/aromatic N) is 1. The standard InChI is InChI=1S/C15H21F3N2/c1-3-12-6-4-10(2)20(12)13-7-5-11(9-19)14(8-13)15(16,17)18/h5,7-8,10,12H,3-4,6,9,19H2,1-2H3. The largest absolute Gasteiger partial charge is 0.416 e. The highest BCUT2D eigenvalue weighted by molar-refractivity contribution is 5.54. The van der Waals surface area contributed by atoms with Crippen molar-refractivity contribution in [1.29, 1.82) is 0 Å². The molecule has 2 N–H and O–H groups in total. The number of hydrogen-bond donors (Lipinski definition) is 1. The van der Waals surface area contributed by atoms with Crippen LogP contribution in [0.25, 0.3) is 0 Å². The van der Waals surface area contributed by atoms with Gasteiger partial charge < -0.3 is 10.6 Å². The second kappa shape index (κ2) is 5.64. The van der Waals surface area contributed by atoms with Crippen molar-refractivity contribution >= 4 is 5.69 Å². The van der Waals surface area contributed by atoms with Crippen LogP contribution in [0.1, 0.15) is 44.2 Å². The predicted molar refractivity (Wildman–Crippen MR) is 74.6 cm³/mol. The van der Waals surface area contributed by atoms with Crippen molar-refractivity contribution in [1.82, 2.24) is 0 Å². The SMILES string of the molecule is CCC1CCC(C)N1c1ccc(CN)c(C(F)(F)F)c1. The van der Waals surface area contributed by atoms with Crippen molar-refractivity contribution < 1.29 is 13.2 Å². The first-order chi connectivity index (χ1) is 9.38. The maximum atomic E-state index is 13.1. The quantitative estimate of drug-likeness (QED) is 0.912. The highest BCUT2D eigenvalue weighted by Crippen LogP contribution is 2.38. The van der Waals surface area contributed by atoms with Gasteiger partial charge in [0.15, 0.2) is 0 Å². The van der Waals surface area contributed by atoms with Gasteiger partial charge in [-0.25, -0.2) is 0 Å². The summed E-state index contributed by atoms with van der Waals surface area (Å²) in [6.07, 6.45) is -1.34. The molecule has 0 amide bonds. The van der Waals surface area contributed by atoms with Crippen LogP contribution in [0, 0.1) is 0 Å². The van der Waals surface area contributed by atoms with Gasteiger partial charge in [0.25, 0.3) is 0 Å². The van der Waals surface area contributed by atoms with Gasteiger partial charge in [-0.15, -0.1) is 0 Å². The maximum Gasteiger partial charge on any atom is 0.416 e. The Hall–Kier alpha value is -1.23. The van der Waals surface area contributed by atoms with Gasteiger partial charge in [-0.1, -0.05) is 13.0 Å². The fourth-order valence-corrected chi connectivity index (χ4v) is 3.10. The van der Waals surface area contributed by atoms with Gasteiger partial charge in [0.2, 0.25) is 0 Å². The molecule has 20 heavy (non-hydrogen) atoms. The third-order valence-corrected chi connectivity index (χ3v) is 4.17. The topological polar surface area (TPSA) is 29.3 Å². The number of anilines is 1. The lowest BCUT2D eigenvalue weighted by atomic mass is 10.0. The Kier molecular flexibility index (Phi) is 4.28. The number of halogens is 3. The molecule has 1 aromatic carbocycles. The molecule has 2 atom stereocenters. The van der Waals surface area contributed by atoms with Crippen molar-refractivity contribution in [3.8, 4) is 0 Å². The zero-order valence-corrected chi connectivity index (χ0v) is 11.9. The normalized spacial score (nSPS) is 23.4. The molecule has 112 valence electrons. The molecule has 2 nitrogen and oxygen atoms in total. The molecule has 1 heterocycles. The van der Waals surface area contributed by atoms with Crippen LogP contribution in [0.15, 0.2) is 18.2 Å². The second-order valence-electron chi connectivity index (χ2n) is 5.44. The van der Waals surface area contributed by atoms with E-state index in [-0.39, 0.29) is 18.2 Å². The molecule has 1 fully saturated rings. The third kappa shape index (κ3) is 2.77. The zero-order chi connectivity index (χ0) is 14.9. The molecule has 0 aliphatic carbocycles. The molecule has 0 aromatic heterocycles. The Morgan fingerprint density at radius 2 is 2.00 bits per heavy atom. The molecule has 5 heteroatoms. The predicted octanol–water partition coefficient (Wildman–Crippen LogP) is 3.93. The molecule has 1 saturated heterocycles. The van der Waals surface area contributed by atoms with E-state index in [4.69, 9.17) is 5.73 Å². The number of nitrogens with two attached hydrogens (primary N) is 1. The highest BCUT2D eigenvalue weighted by atomic mass is 19.4. The number of hydrogen-bond acceptors (Lipinski definition) is 2. The van der Waals surface area contributed by atoms with Gasteiger partial charge in [0, 0.05) is 24.3 Å². The lowest BCUT2D eigenvalue weighted by Gasteiger charge is -2.31. The van der Waals surface area contributed by atoms with E-state index in [0.29, 0.717) is 11.7 Å². The molecule has 1 aromatic rings. The molecule has 0 spiro atoms. The van der Waals surface area contributed by atoms with Gasteiger partial charge in [0.05, 0.1) is 5.56 Å². The summed E-state index contributed by atoms with van der Waals surface area (Å²) in [6, 6.07) is 5.14. The Labute approximate surface area is 117 Å². The van der Waals surface area contributed by atoms with E-state index >= 15 is 0 Å². The van der Waals surface area contributed by atoms with Crippen LogP contribution < -0.4 is 10.6 Å². The van der Waals surface area contributed by atoms with Crippen LogP contribution in [0.3, 0.4) is 0 Å². The van der Waals surface area contributed by atoms with E-state index in [9.17, 15) is 13.2 Å². The molecule has 2 unspecified atom stereocenters. The number of benzene rings is 1. The summed E-state index contributed by atoms with van der Waals surface area (Å²) in [7, 11) is 0. The summed E-state index contributed by atoms with van der Waals surface area (Å²) in [5.74, 6) is 0. The lowest BCUT2D eigenvalue weighted by Crippen LogP contribution is -2.34.